The number of amides is 1. The molecule has 0 saturated heterocycles. The van der Waals surface area contributed by atoms with Gasteiger partial charge in [0.15, 0.2) is 11.5 Å². The summed E-state index contributed by atoms with van der Waals surface area (Å²) in [7, 11) is 0. The Kier molecular flexibility index (Phi) is 11.4. The molecule has 234 valence electrons. The van der Waals surface area contributed by atoms with Crippen LogP contribution < -0.4 is 14.8 Å². The van der Waals surface area contributed by atoms with Gasteiger partial charge in [-0.2, -0.15) is 0 Å². The highest BCUT2D eigenvalue weighted by Gasteiger charge is 2.24. The molecular weight excluding hydrogens is 623 g/mol. The number of nitrogens with zero attached hydrogens (tertiary/aromatic N) is 1. The van der Waals surface area contributed by atoms with Gasteiger partial charge in [0.1, 0.15) is 11.6 Å². The average Bonchev–Trinajstić information content (AvgIpc) is 3.34. The van der Waals surface area contributed by atoms with Crippen LogP contribution in [0.3, 0.4) is 0 Å². The van der Waals surface area contributed by atoms with Crippen LogP contribution in [0.2, 0.25) is 10.0 Å². The van der Waals surface area contributed by atoms with Crippen molar-refractivity contribution in [2.75, 3.05) is 11.9 Å². The number of allylic oxidation sites excluding steroid dienone is 1. The predicted octanol–water partition coefficient (Wildman–Crippen LogP) is 10.7. The van der Waals surface area contributed by atoms with Crippen molar-refractivity contribution in [3.05, 3.63) is 116 Å². The van der Waals surface area contributed by atoms with Crippen LogP contribution in [-0.2, 0) is 25.9 Å². The largest absolute Gasteiger partial charge is 0.490 e. The minimum absolute atomic E-state index is 0.115. The molecule has 0 fully saturated rings. The first-order valence-corrected chi connectivity index (χ1v) is 17.0. The fraction of sp³-hybridized carbons (Fsp3) is 0.297. The lowest BCUT2D eigenvalue weighted by molar-refractivity contribution is 0.102. The van der Waals surface area contributed by atoms with Crippen LogP contribution in [0.5, 0.6) is 11.5 Å². The number of carbonyl (C=O) groups is 1. The summed E-state index contributed by atoms with van der Waals surface area (Å²) in [5.41, 5.74) is 6.33. The van der Waals surface area contributed by atoms with Crippen LogP contribution in [0, 0.1) is 6.92 Å². The summed E-state index contributed by atoms with van der Waals surface area (Å²) >= 11 is 14.1. The van der Waals surface area contributed by atoms with Crippen LogP contribution in [-0.4, -0.2) is 18.7 Å². The van der Waals surface area contributed by atoms with Crippen molar-refractivity contribution in [2.45, 2.75) is 65.4 Å². The van der Waals surface area contributed by atoms with Gasteiger partial charge in [0.2, 0.25) is 0 Å². The smallest absolute Gasteiger partial charge is 0.259 e. The quantitative estimate of drug-likeness (QED) is 0.129. The summed E-state index contributed by atoms with van der Waals surface area (Å²) < 4.78 is 12.3. The van der Waals surface area contributed by atoms with E-state index in [2.05, 4.69) is 11.9 Å². The van der Waals surface area contributed by atoms with Gasteiger partial charge in [-0.05, 0) is 93.5 Å². The van der Waals surface area contributed by atoms with Gasteiger partial charge in [-0.25, -0.2) is 4.99 Å². The van der Waals surface area contributed by atoms with Crippen LogP contribution in [0.4, 0.5) is 10.7 Å². The Bertz CT molecular complexity index is 1690. The van der Waals surface area contributed by atoms with Crippen LogP contribution >= 0.6 is 34.5 Å². The summed E-state index contributed by atoms with van der Waals surface area (Å²) in [4.78, 5) is 20.0. The number of carbonyl (C=O) groups excluding carboxylic acids is 1. The molecule has 1 heterocycles. The zero-order chi connectivity index (χ0) is 31.8. The number of fused-ring (bicyclic) bond motifs is 1. The molecule has 1 aliphatic carbocycles. The number of thiophene rings is 1. The van der Waals surface area contributed by atoms with E-state index in [0.29, 0.717) is 40.1 Å². The Morgan fingerprint density at radius 3 is 2.51 bits per heavy atom. The van der Waals surface area contributed by atoms with E-state index in [1.54, 1.807) is 23.5 Å². The lowest BCUT2D eigenvalue weighted by atomic mass is 9.96. The van der Waals surface area contributed by atoms with E-state index in [-0.39, 0.29) is 12.5 Å². The molecule has 0 saturated carbocycles. The fourth-order valence-electron chi connectivity index (χ4n) is 5.47. The Hall–Kier alpha value is -3.58. The third kappa shape index (κ3) is 8.37. The highest BCUT2D eigenvalue weighted by molar-refractivity contribution is 7.16. The Balaban J connectivity index is 1.49. The van der Waals surface area contributed by atoms with Gasteiger partial charge < -0.3 is 14.8 Å². The van der Waals surface area contributed by atoms with Crippen molar-refractivity contribution in [1.82, 2.24) is 0 Å². The van der Waals surface area contributed by atoms with Crippen molar-refractivity contribution >= 4 is 57.3 Å². The summed E-state index contributed by atoms with van der Waals surface area (Å²) in [6.45, 7) is 8.65. The minimum Gasteiger partial charge on any atom is -0.490 e. The van der Waals surface area contributed by atoms with E-state index in [0.717, 1.165) is 64.2 Å². The Morgan fingerprint density at radius 1 is 1.00 bits per heavy atom. The van der Waals surface area contributed by atoms with Crippen LogP contribution in [0.25, 0.3) is 0 Å². The van der Waals surface area contributed by atoms with Crippen molar-refractivity contribution in [3.8, 4) is 11.5 Å². The topological polar surface area (TPSA) is 59.9 Å². The maximum absolute atomic E-state index is 13.8. The molecule has 0 radical (unpaired) electrons. The van der Waals surface area contributed by atoms with E-state index in [9.17, 15) is 4.79 Å². The van der Waals surface area contributed by atoms with Crippen LogP contribution in [0.1, 0.15) is 75.7 Å². The molecule has 1 N–H and O–H groups in total. The van der Waals surface area contributed by atoms with Gasteiger partial charge >= 0.3 is 0 Å². The number of anilines is 1. The van der Waals surface area contributed by atoms with Crippen LogP contribution in [0.15, 0.2) is 72.2 Å². The van der Waals surface area contributed by atoms with Gasteiger partial charge in [-0.1, -0.05) is 65.9 Å². The van der Waals surface area contributed by atoms with E-state index < -0.39 is 0 Å². The molecular formula is C37H38Cl2N2O3S. The number of nitrogens with one attached hydrogen (secondary N) is 1. The molecule has 0 bridgehead atoms. The average molecular weight is 662 g/mol. The van der Waals surface area contributed by atoms with Gasteiger partial charge in [0.25, 0.3) is 5.91 Å². The van der Waals surface area contributed by atoms with Gasteiger partial charge in [-0.3, -0.25) is 4.79 Å². The number of halogens is 2. The van der Waals surface area contributed by atoms with E-state index >= 15 is 0 Å². The number of hydrogen-bond donors (Lipinski definition) is 1. The SMILES string of the molecule is C=CCc1cc(C=Nc2sc3c(c2C(=O)Nc2ccc(C)cc2)CCCCCC3)cc(OCC)c1OCc1ccc(Cl)cc1Cl. The second-order valence-corrected chi connectivity index (χ2v) is 13.1. The molecule has 8 heteroatoms. The van der Waals surface area contributed by atoms with E-state index in [1.807, 2.05) is 68.6 Å². The first-order chi connectivity index (χ1) is 21.9. The third-order valence-electron chi connectivity index (χ3n) is 7.73. The molecule has 1 amide bonds. The summed E-state index contributed by atoms with van der Waals surface area (Å²) in [5, 5.41) is 4.96. The van der Waals surface area contributed by atoms with Crippen molar-refractivity contribution < 1.29 is 14.3 Å². The van der Waals surface area contributed by atoms with Gasteiger partial charge in [0.05, 0.1) is 12.2 Å². The number of rotatable bonds is 11. The normalized spacial score (nSPS) is 13.2. The molecule has 1 aliphatic rings. The maximum Gasteiger partial charge on any atom is 0.259 e. The van der Waals surface area contributed by atoms with E-state index in [1.165, 1.54) is 17.7 Å². The molecule has 0 spiro atoms. The van der Waals surface area contributed by atoms with Crippen molar-refractivity contribution in [2.24, 2.45) is 4.99 Å². The molecule has 1 aromatic heterocycles. The monoisotopic (exact) mass is 660 g/mol. The number of hydrogen-bond acceptors (Lipinski definition) is 5. The highest BCUT2D eigenvalue weighted by atomic mass is 35.5. The lowest BCUT2D eigenvalue weighted by Crippen LogP contribution is -2.14. The molecule has 5 nitrogen and oxygen atoms in total. The summed E-state index contributed by atoms with van der Waals surface area (Å²) in [6.07, 6.45) is 10.7. The first kappa shape index (κ1) is 32.8. The standard InChI is InChI=1S/C37H38Cl2N2O3S/c1-4-10-26-19-25(20-32(43-5-2)35(26)44-23-27-15-16-28(38)21-31(27)39)22-40-37-34(30-11-8-6-7-9-12-33(30)45-37)36(42)41-29-17-13-24(3)14-18-29/h4,13-22H,1,5-12,23H2,2-3H3,(H,41,42). The number of aliphatic imine (C=N–C) groups is 1. The Morgan fingerprint density at radius 2 is 1.78 bits per heavy atom. The maximum atomic E-state index is 13.8. The second-order valence-electron chi connectivity index (χ2n) is 11.1. The zero-order valence-corrected chi connectivity index (χ0v) is 28.1. The lowest BCUT2D eigenvalue weighted by Gasteiger charge is -2.17. The van der Waals surface area contributed by atoms with Crippen molar-refractivity contribution in [3.63, 3.8) is 0 Å². The van der Waals surface area contributed by atoms with Crippen molar-refractivity contribution in [1.29, 1.82) is 0 Å². The van der Waals surface area contributed by atoms with Gasteiger partial charge in [-0.15, -0.1) is 17.9 Å². The molecule has 5 rings (SSSR count). The first-order valence-electron chi connectivity index (χ1n) is 15.4. The molecule has 3 aromatic carbocycles. The Labute approximate surface area is 279 Å². The number of ether oxygens (including phenoxy) is 2. The van der Waals surface area contributed by atoms with E-state index in [4.69, 9.17) is 37.7 Å². The number of benzene rings is 3. The number of aryl methyl sites for hydroxylation is 2. The fourth-order valence-corrected chi connectivity index (χ4v) is 7.17. The second kappa shape index (κ2) is 15.6. The zero-order valence-electron chi connectivity index (χ0n) is 25.8. The summed E-state index contributed by atoms with van der Waals surface area (Å²) in [6, 6.07) is 17.2. The predicted molar refractivity (Wildman–Crippen MR) is 189 cm³/mol. The van der Waals surface area contributed by atoms with Gasteiger partial charge in [0, 0.05) is 38.0 Å². The molecule has 45 heavy (non-hydrogen) atoms. The minimum atomic E-state index is -0.115. The summed E-state index contributed by atoms with van der Waals surface area (Å²) in [5.74, 6) is 1.13. The molecule has 0 atom stereocenters. The third-order valence-corrected chi connectivity index (χ3v) is 9.51. The molecule has 4 aromatic rings. The molecule has 0 unspecified atom stereocenters. The molecule has 0 aliphatic heterocycles. The highest BCUT2D eigenvalue weighted by Crippen LogP contribution is 2.40.